The Morgan fingerprint density at radius 2 is 1.79 bits per heavy atom. The van der Waals surface area contributed by atoms with Crippen LogP contribution in [-0.2, 0) is 15.7 Å². The number of ether oxygens (including phenoxy) is 1. The Morgan fingerprint density at radius 1 is 1.11 bits per heavy atom. The summed E-state index contributed by atoms with van der Waals surface area (Å²) in [6, 6.07) is 4.13. The number of carbonyl (C=O) groups is 2. The molecule has 2 rings (SSSR count). The zero-order valence-electron chi connectivity index (χ0n) is 14.0. The van der Waals surface area contributed by atoms with Crippen LogP contribution >= 0.6 is 11.6 Å². The van der Waals surface area contributed by atoms with Crippen molar-refractivity contribution >= 4 is 35.2 Å². The Hall–Kier alpha value is -2.94. The van der Waals surface area contributed by atoms with Crippen LogP contribution in [0.1, 0.15) is 21.5 Å². The van der Waals surface area contributed by atoms with Crippen molar-refractivity contribution in [2.45, 2.75) is 6.18 Å². The van der Waals surface area contributed by atoms with Gasteiger partial charge in [0.05, 0.1) is 28.9 Å². The van der Waals surface area contributed by atoms with E-state index in [2.05, 4.69) is 10.1 Å². The number of anilines is 1. The molecule has 0 saturated heterocycles. The fraction of sp³-hybridized carbons (Fsp3) is 0.111. The summed E-state index contributed by atoms with van der Waals surface area (Å²) in [6.07, 6.45) is -2.79. The number of amides is 1. The van der Waals surface area contributed by atoms with E-state index in [0.717, 1.165) is 37.5 Å². The Labute approximate surface area is 160 Å². The molecule has 2 aromatic rings. The molecule has 0 radical (unpaired) electrons. The molecule has 0 saturated carbocycles. The average Bonchev–Trinajstić information content (AvgIpc) is 2.61. The maximum atomic E-state index is 13.8. The molecule has 0 aliphatic carbocycles. The van der Waals surface area contributed by atoms with E-state index in [-0.39, 0.29) is 5.56 Å². The molecule has 0 unspecified atom stereocenters. The molecule has 0 spiro atoms. The third-order valence-electron chi connectivity index (χ3n) is 3.44. The maximum absolute atomic E-state index is 13.8. The average molecular weight is 420 g/mol. The smallest absolute Gasteiger partial charge is 0.417 e. The molecule has 0 bridgehead atoms. The molecule has 148 valence electrons. The van der Waals surface area contributed by atoms with Gasteiger partial charge in [-0.05, 0) is 29.8 Å². The van der Waals surface area contributed by atoms with Gasteiger partial charge in [0, 0.05) is 12.1 Å². The third-order valence-corrected chi connectivity index (χ3v) is 3.77. The Bertz CT molecular complexity index is 957. The van der Waals surface area contributed by atoms with E-state index in [1.165, 1.54) is 6.07 Å². The fourth-order valence-corrected chi connectivity index (χ4v) is 2.35. The quantitative estimate of drug-likeness (QED) is 0.427. The summed E-state index contributed by atoms with van der Waals surface area (Å²) < 4.78 is 70.2. The lowest BCUT2D eigenvalue weighted by Crippen LogP contribution is -2.12. The number of esters is 1. The largest absolute Gasteiger partial charge is 0.465 e. The van der Waals surface area contributed by atoms with Crippen molar-refractivity contribution in [1.29, 1.82) is 0 Å². The number of carbonyl (C=O) groups excluding carboxylic acids is 2. The standard InChI is InChI=1S/C18H11ClF5NO3/c1-28-17(27)10-7-15(14(21)8-13(10)20)25-16(26)5-3-9-2-4-12(19)11(6-9)18(22,23)24/h2-8H,1H3,(H,25,26)/b5-3+. The highest BCUT2D eigenvalue weighted by Gasteiger charge is 2.33. The Morgan fingerprint density at radius 3 is 2.39 bits per heavy atom. The zero-order chi connectivity index (χ0) is 21.1. The first-order valence-electron chi connectivity index (χ1n) is 7.46. The number of rotatable bonds is 4. The molecule has 28 heavy (non-hydrogen) atoms. The van der Waals surface area contributed by atoms with Gasteiger partial charge in [0.25, 0.3) is 0 Å². The molecule has 2 aromatic carbocycles. The number of halogens is 6. The molecule has 0 aromatic heterocycles. The van der Waals surface area contributed by atoms with Crippen molar-refractivity contribution in [3.63, 3.8) is 0 Å². The van der Waals surface area contributed by atoms with Gasteiger partial charge < -0.3 is 10.1 Å². The molecule has 1 amide bonds. The number of hydrogen-bond acceptors (Lipinski definition) is 3. The van der Waals surface area contributed by atoms with Gasteiger partial charge in [-0.3, -0.25) is 4.79 Å². The number of alkyl halides is 3. The van der Waals surface area contributed by atoms with Crippen molar-refractivity contribution in [3.05, 3.63) is 69.8 Å². The lowest BCUT2D eigenvalue weighted by Gasteiger charge is -2.09. The van der Waals surface area contributed by atoms with Gasteiger partial charge in [-0.15, -0.1) is 0 Å². The topological polar surface area (TPSA) is 55.4 Å². The molecular formula is C18H11ClF5NO3. The lowest BCUT2D eigenvalue weighted by atomic mass is 10.1. The van der Waals surface area contributed by atoms with Crippen LogP contribution in [0.5, 0.6) is 0 Å². The van der Waals surface area contributed by atoms with Gasteiger partial charge >= 0.3 is 12.1 Å². The minimum Gasteiger partial charge on any atom is -0.465 e. The van der Waals surface area contributed by atoms with Gasteiger partial charge in [0.2, 0.25) is 5.91 Å². The summed E-state index contributed by atoms with van der Waals surface area (Å²) in [7, 11) is 0.993. The monoisotopic (exact) mass is 419 g/mol. The highest BCUT2D eigenvalue weighted by Crippen LogP contribution is 2.35. The van der Waals surface area contributed by atoms with Crippen LogP contribution in [0.4, 0.5) is 27.6 Å². The van der Waals surface area contributed by atoms with E-state index in [1.54, 1.807) is 0 Å². The van der Waals surface area contributed by atoms with Gasteiger partial charge in [0.1, 0.15) is 11.6 Å². The van der Waals surface area contributed by atoms with Crippen LogP contribution in [0.15, 0.2) is 36.4 Å². The van der Waals surface area contributed by atoms with Gasteiger partial charge in [0.15, 0.2) is 0 Å². The predicted octanol–water partition coefficient (Wildman–Crippen LogP) is 5.08. The second-order valence-electron chi connectivity index (χ2n) is 5.36. The summed E-state index contributed by atoms with van der Waals surface area (Å²) in [5, 5.41) is 1.56. The van der Waals surface area contributed by atoms with E-state index in [0.29, 0.717) is 6.07 Å². The summed E-state index contributed by atoms with van der Waals surface area (Å²) in [4.78, 5) is 23.3. The van der Waals surface area contributed by atoms with Crippen molar-refractivity contribution < 1.29 is 36.3 Å². The molecular weight excluding hydrogens is 409 g/mol. The van der Waals surface area contributed by atoms with Crippen LogP contribution in [0, 0.1) is 11.6 Å². The summed E-state index contributed by atoms with van der Waals surface area (Å²) in [6.45, 7) is 0. The van der Waals surface area contributed by atoms with E-state index >= 15 is 0 Å². The lowest BCUT2D eigenvalue weighted by molar-refractivity contribution is -0.137. The van der Waals surface area contributed by atoms with E-state index in [1.807, 2.05) is 0 Å². The highest BCUT2D eigenvalue weighted by molar-refractivity contribution is 6.31. The number of methoxy groups -OCH3 is 1. The normalized spacial score (nSPS) is 11.5. The molecule has 0 aliphatic heterocycles. The van der Waals surface area contributed by atoms with E-state index < -0.39 is 51.5 Å². The van der Waals surface area contributed by atoms with Crippen LogP contribution < -0.4 is 5.32 Å². The third kappa shape index (κ3) is 5.07. The number of hydrogen-bond donors (Lipinski definition) is 1. The first kappa shape index (κ1) is 21.4. The molecule has 4 nitrogen and oxygen atoms in total. The molecule has 1 N–H and O–H groups in total. The van der Waals surface area contributed by atoms with Gasteiger partial charge in [-0.1, -0.05) is 17.7 Å². The molecule has 10 heteroatoms. The van der Waals surface area contributed by atoms with Crippen molar-refractivity contribution in [2.75, 3.05) is 12.4 Å². The van der Waals surface area contributed by atoms with Crippen molar-refractivity contribution in [1.82, 2.24) is 0 Å². The van der Waals surface area contributed by atoms with Crippen LogP contribution in [-0.4, -0.2) is 19.0 Å². The van der Waals surface area contributed by atoms with Crippen molar-refractivity contribution in [2.24, 2.45) is 0 Å². The van der Waals surface area contributed by atoms with Crippen LogP contribution in [0.2, 0.25) is 5.02 Å². The Balaban J connectivity index is 2.22. The predicted molar refractivity (Wildman–Crippen MR) is 91.8 cm³/mol. The summed E-state index contributed by atoms with van der Waals surface area (Å²) in [5.74, 6) is -4.34. The second-order valence-corrected chi connectivity index (χ2v) is 5.77. The van der Waals surface area contributed by atoms with Gasteiger partial charge in [-0.25, -0.2) is 13.6 Å². The minimum atomic E-state index is -4.68. The molecule has 0 atom stereocenters. The maximum Gasteiger partial charge on any atom is 0.417 e. The first-order valence-corrected chi connectivity index (χ1v) is 7.84. The number of nitrogens with one attached hydrogen (secondary N) is 1. The van der Waals surface area contributed by atoms with Gasteiger partial charge in [-0.2, -0.15) is 13.2 Å². The van der Waals surface area contributed by atoms with Crippen molar-refractivity contribution in [3.8, 4) is 0 Å². The zero-order valence-corrected chi connectivity index (χ0v) is 14.8. The molecule has 0 fully saturated rings. The second kappa shape index (κ2) is 8.39. The van der Waals surface area contributed by atoms with Crippen LogP contribution in [0.25, 0.3) is 6.08 Å². The summed E-state index contributed by atoms with van der Waals surface area (Å²) in [5.41, 5.74) is -2.18. The summed E-state index contributed by atoms with van der Waals surface area (Å²) >= 11 is 5.50. The molecule has 0 heterocycles. The fourth-order valence-electron chi connectivity index (χ4n) is 2.12. The minimum absolute atomic E-state index is 0.0155. The SMILES string of the molecule is COC(=O)c1cc(NC(=O)/C=C/c2ccc(Cl)c(C(F)(F)F)c2)c(F)cc1F. The van der Waals surface area contributed by atoms with E-state index in [9.17, 15) is 31.5 Å². The molecule has 0 aliphatic rings. The highest BCUT2D eigenvalue weighted by atomic mass is 35.5. The first-order chi connectivity index (χ1) is 13.0. The van der Waals surface area contributed by atoms with Crippen LogP contribution in [0.3, 0.4) is 0 Å². The Kier molecular flexibility index (Phi) is 6.40. The number of benzene rings is 2. The van der Waals surface area contributed by atoms with E-state index in [4.69, 9.17) is 11.6 Å².